The molecule has 0 aliphatic heterocycles. The van der Waals surface area contributed by atoms with Crippen LogP contribution < -0.4 is 0 Å². The highest BCUT2D eigenvalue weighted by molar-refractivity contribution is 6.32. The molecule has 5 heteroatoms. The van der Waals surface area contributed by atoms with Crippen molar-refractivity contribution >= 4 is 45.4 Å². The van der Waals surface area contributed by atoms with Crippen LogP contribution in [-0.4, -0.2) is 9.97 Å². The van der Waals surface area contributed by atoms with Crippen molar-refractivity contribution < 1.29 is 4.42 Å². The van der Waals surface area contributed by atoms with Crippen LogP contribution in [0.3, 0.4) is 0 Å². The normalized spacial score (nSPS) is 11.3. The molecule has 0 bridgehead atoms. The Hall–Kier alpha value is -1.32. The molecule has 15 heavy (non-hydrogen) atoms. The van der Waals surface area contributed by atoms with E-state index in [0.29, 0.717) is 27.0 Å². The van der Waals surface area contributed by atoms with E-state index in [-0.39, 0.29) is 0 Å². The number of rotatable bonds is 0. The zero-order valence-electron chi connectivity index (χ0n) is 7.37. The average Bonchev–Trinajstić information content (AvgIpc) is 2.56. The van der Waals surface area contributed by atoms with E-state index in [4.69, 9.17) is 27.6 Å². The molecule has 0 saturated heterocycles. The number of nitrogens with zero attached hydrogens (tertiary/aromatic N) is 2. The number of halogens is 2. The van der Waals surface area contributed by atoms with Crippen LogP contribution >= 0.6 is 23.2 Å². The Labute approximate surface area is 94.6 Å². The van der Waals surface area contributed by atoms with Crippen LogP contribution in [0.25, 0.3) is 22.2 Å². The number of furan rings is 1. The van der Waals surface area contributed by atoms with Crippen LogP contribution in [0.5, 0.6) is 0 Å². The third-order valence-corrected chi connectivity index (χ3v) is 2.53. The second-order valence-electron chi connectivity index (χ2n) is 3.09. The first kappa shape index (κ1) is 8.95. The van der Waals surface area contributed by atoms with Crippen LogP contribution in [0.4, 0.5) is 0 Å². The molecule has 0 spiro atoms. The van der Waals surface area contributed by atoms with Crippen LogP contribution in [0.1, 0.15) is 0 Å². The second-order valence-corrected chi connectivity index (χ2v) is 3.91. The summed E-state index contributed by atoms with van der Waals surface area (Å²) in [5.41, 5.74) is 1.81. The van der Waals surface area contributed by atoms with Gasteiger partial charge < -0.3 is 4.42 Å². The fourth-order valence-electron chi connectivity index (χ4n) is 1.49. The van der Waals surface area contributed by atoms with Gasteiger partial charge in [-0.1, -0.05) is 23.2 Å². The monoisotopic (exact) mass is 238 g/mol. The molecular weight excluding hydrogens is 235 g/mol. The minimum atomic E-state index is 0.338. The molecule has 1 aromatic carbocycles. The summed E-state index contributed by atoms with van der Waals surface area (Å²) in [6.07, 6.45) is 1.45. The van der Waals surface area contributed by atoms with E-state index in [9.17, 15) is 0 Å². The predicted octanol–water partition coefficient (Wildman–Crippen LogP) is 3.68. The number of hydrogen-bond donors (Lipinski definition) is 0. The minimum Gasteiger partial charge on any atom is -0.436 e. The van der Waals surface area contributed by atoms with E-state index in [1.165, 1.54) is 6.20 Å². The lowest BCUT2D eigenvalue weighted by Gasteiger charge is -1.89. The van der Waals surface area contributed by atoms with Gasteiger partial charge in [0.1, 0.15) is 16.3 Å². The van der Waals surface area contributed by atoms with Crippen LogP contribution in [-0.2, 0) is 0 Å². The molecule has 0 atom stereocenters. The van der Waals surface area contributed by atoms with Crippen molar-refractivity contribution in [2.45, 2.75) is 0 Å². The van der Waals surface area contributed by atoms with Crippen molar-refractivity contribution in [2.24, 2.45) is 0 Å². The molecule has 3 aromatic rings. The van der Waals surface area contributed by atoms with E-state index in [2.05, 4.69) is 9.97 Å². The summed E-state index contributed by atoms with van der Waals surface area (Å²) >= 11 is 11.7. The van der Waals surface area contributed by atoms with E-state index in [0.717, 1.165) is 5.39 Å². The maximum Gasteiger partial charge on any atom is 0.246 e. The van der Waals surface area contributed by atoms with Gasteiger partial charge in [-0.05, 0) is 18.2 Å². The zero-order chi connectivity index (χ0) is 10.4. The first-order valence-corrected chi connectivity index (χ1v) is 5.00. The number of hydrogen-bond acceptors (Lipinski definition) is 3. The van der Waals surface area contributed by atoms with Crippen molar-refractivity contribution in [3.8, 4) is 0 Å². The molecule has 74 valence electrons. The lowest BCUT2D eigenvalue weighted by Crippen LogP contribution is -1.79. The summed E-state index contributed by atoms with van der Waals surface area (Å²) in [4.78, 5) is 8.20. The molecule has 0 saturated carbocycles. The SMILES string of the molecule is Clc1ccc2oc3ncc(Cl)nc3c2c1. The number of aromatic nitrogens is 2. The second kappa shape index (κ2) is 3.08. The average molecular weight is 239 g/mol. The summed E-state index contributed by atoms with van der Waals surface area (Å²) in [5, 5.41) is 1.80. The van der Waals surface area contributed by atoms with Gasteiger partial charge in [0.25, 0.3) is 0 Å². The fraction of sp³-hybridized carbons (Fsp3) is 0. The minimum absolute atomic E-state index is 0.338. The van der Waals surface area contributed by atoms with Crippen LogP contribution in [0.2, 0.25) is 10.2 Å². The smallest absolute Gasteiger partial charge is 0.246 e. The quantitative estimate of drug-likeness (QED) is 0.600. The standard InChI is InChI=1S/C10H4Cl2N2O/c11-5-1-2-7-6(3-5)9-10(15-7)13-4-8(12)14-9/h1-4H. The third-order valence-electron chi connectivity index (χ3n) is 2.11. The largest absolute Gasteiger partial charge is 0.436 e. The molecule has 0 N–H and O–H groups in total. The molecule has 0 radical (unpaired) electrons. The van der Waals surface area contributed by atoms with E-state index in [1.807, 2.05) is 0 Å². The Kier molecular flexibility index (Phi) is 1.84. The molecule has 0 aliphatic carbocycles. The van der Waals surface area contributed by atoms with Gasteiger partial charge in [-0.3, -0.25) is 0 Å². The van der Waals surface area contributed by atoms with Gasteiger partial charge in [0, 0.05) is 5.02 Å². The summed E-state index contributed by atoms with van der Waals surface area (Å²) in [7, 11) is 0. The highest BCUT2D eigenvalue weighted by Gasteiger charge is 2.09. The third kappa shape index (κ3) is 1.35. The number of benzene rings is 1. The fourth-order valence-corrected chi connectivity index (χ4v) is 1.79. The Morgan fingerprint density at radius 3 is 2.93 bits per heavy atom. The highest BCUT2D eigenvalue weighted by Crippen LogP contribution is 2.28. The van der Waals surface area contributed by atoms with Gasteiger partial charge in [0.05, 0.1) is 11.6 Å². The maximum absolute atomic E-state index is 5.89. The van der Waals surface area contributed by atoms with Gasteiger partial charge in [0.15, 0.2) is 0 Å². The molecular formula is C10H4Cl2N2O. The molecule has 0 amide bonds. The molecule has 0 fully saturated rings. The summed E-state index contributed by atoms with van der Waals surface area (Å²) in [6, 6.07) is 5.33. The van der Waals surface area contributed by atoms with Gasteiger partial charge in [-0.15, -0.1) is 0 Å². The van der Waals surface area contributed by atoms with Crippen molar-refractivity contribution in [3.05, 3.63) is 34.6 Å². The lowest BCUT2D eigenvalue weighted by atomic mass is 10.2. The maximum atomic E-state index is 5.89. The van der Waals surface area contributed by atoms with Crippen molar-refractivity contribution in [1.82, 2.24) is 9.97 Å². The summed E-state index contributed by atoms with van der Waals surface area (Å²) in [6.45, 7) is 0. The molecule has 3 nitrogen and oxygen atoms in total. The van der Waals surface area contributed by atoms with Crippen molar-refractivity contribution in [2.75, 3.05) is 0 Å². The first-order chi connectivity index (χ1) is 7.24. The molecule has 2 aromatic heterocycles. The Morgan fingerprint density at radius 1 is 1.20 bits per heavy atom. The van der Waals surface area contributed by atoms with E-state index >= 15 is 0 Å². The van der Waals surface area contributed by atoms with Crippen molar-refractivity contribution in [1.29, 1.82) is 0 Å². The molecule has 0 unspecified atom stereocenters. The van der Waals surface area contributed by atoms with Gasteiger partial charge in [0.2, 0.25) is 5.71 Å². The topological polar surface area (TPSA) is 38.9 Å². The summed E-state index contributed by atoms with van der Waals surface area (Å²) < 4.78 is 5.47. The Balaban J connectivity index is 2.55. The van der Waals surface area contributed by atoms with E-state index < -0.39 is 0 Å². The van der Waals surface area contributed by atoms with Crippen molar-refractivity contribution in [3.63, 3.8) is 0 Å². The Morgan fingerprint density at radius 2 is 2.07 bits per heavy atom. The summed E-state index contributed by atoms with van der Waals surface area (Å²) in [5.74, 6) is 0. The molecule has 3 rings (SSSR count). The molecule has 0 aliphatic rings. The van der Waals surface area contributed by atoms with Gasteiger partial charge in [-0.2, -0.15) is 0 Å². The van der Waals surface area contributed by atoms with E-state index in [1.54, 1.807) is 18.2 Å². The van der Waals surface area contributed by atoms with Crippen LogP contribution in [0, 0.1) is 0 Å². The first-order valence-electron chi connectivity index (χ1n) is 4.24. The number of fused-ring (bicyclic) bond motifs is 3. The van der Waals surface area contributed by atoms with Crippen LogP contribution in [0.15, 0.2) is 28.8 Å². The molecule has 2 heterocycles. The zero-order valence-corrected chi connectivity index (χ0v) is 8.88. The van der Waals surface area contributed by atoms with Gasteiger partial charge in [-0.25, -0.2) is 9.97 Å². The Bertz CT molecular complexity index is 607. The lowest BCUT2D eigenvalue weighted by molar-refractivity contribution is 0.653. The van der Waals surface area contributed by atoms with Gasteiger partial charge >= 0.3 is 0 Å². The highest BCUT2D eigenvalue weighted by atomic mass is 35.5. The predicted molar refractivity (Wildman–Crippen MR) is 59.3 cm³/mol.